The Labute approximate surface area is 198 Å². The van der Waals surface area contributed by atoms with Crippen LogP contribution in [-0.2, 0) is 11.2 Å². The molecule has 2 atom stereocenters. The molecule has 1 aliphatic rings. The van der Waals surface area contributed by atoms with Gasteiger partial charge >= 0.3 is 0 Å². The van der Waals surface area contributed by atoms with Gasteiger partial charge in [-0.2, -0.15) is 0 Å². The lowest BCUT2D eigenvalue weighted by molar-refractivity contribution is -0.00743. The second-order valence-corrected chi connectivity index (χ2v) is 8.75. The van der Waals surface area contributed by atoms with E-state index in [2.05, 4.69) is 6.92 Å². The van der Waals surface area contributed by atoms with E-state index in [4.69, 9.17) is 4.74 Å². The van der Waals surface area contributed by atoms with Crippen LogP contribution in [0.2, 0.25) is 0 Å². The lowest BCUT2D eigenvalue weighted by atomic mass is 9.92. The van der Waals surface area contributed by atoms with E-state index in [0.29, 0.717) is 18.6 Å². The van der Waals surface area contributed by atoms with Gasteiger partial charge in [0.2, 0.25) is 0 Å². The molecule has 178 valence electrons. The molecule has 0 saturated carbocycles. The minimum Gasteiger partial charge on any atom is -0.373 e. The normalized spacial score (nSPS) is 18.5. The first kappa shape index (κ1) is 24.2. The van der Waals surface area contributed by atoms with E-state index in [-0.39, 0.29) is 28.2 Å². The molecule has 5 heteroatoms. The largest absolute Gasteiger partial charge is 0.373 e. The van der Waals surface area contributed by atoms with Gasteiger partial charge in [-0.25, -0.2) is 17.6 Å². The maximum Gasteiger partial charge on any atom is 0.167 e. The summed E-state index contributed by atoms with van der Waals surface area (Å²) in [5.74, 6) is -4.32. The Morgan fingerprint density at radius 3 is 2.03 bits per heavy atom. The summed E-state index contributed by atoms with van der Waals surface area (Å²) in [5.41, 5.74) is 1.18. The first-order valence-electron chi connectivity index (χ1n) is 11.7. The molecule has 4 rings (SSSR count). The van der Waals surface area contributed by atoms with E-state index < -0.39 is 29.4 Å². The van der Waals surface area contributed by atoms with Crippen LogP contribution >= 0.6 is 0 Å². The quantitative estimate of drug-likeness (QED) is 0.260. The van der Waals surface area contributed by atoms with Crippen LogP contribution in [0.5, 0.6) is 0 Å². The lowest BCUT2D eigenvalue weighted by Crippen LogP contribution is -2.20. The van der Waals surface area contributed by atoms with Crippen molar-refractivity contribution >= 4 is 0 Å². The van der Waals surface area contributed by atoms with Crippen molar-refractivity contribution in [3.8, 4) is 22.3 Å². The Balaban J connectivity index is 1.62. The SMILES string of the molecule is C/C=C/C1CCC(c2ccc(-c3ccc(-c4ccc(CCC)cc4)c(F)c3F)c(F)c2F)OC1. The van der Waals surface area contributed by atoms with Crippen LogP contribution in [0.25, 0.3) is 22.3 Å². The Morgan fingerprint density at radius 1 is 0.794 bits per heavy atom. The van der Waals surface area contributed by atoms with Crippen LogP contribution in [-0.4, -0.2) is 6.61 Å². The van der Waals surface area contributed by atoms with Gasteiger partial charge in [0.05, 0.1) is 12.7 Å². The van der Waals surface area contributed by atoms with Crippen LogP contribution in [0.1, 0.15) is 50.3 Å². The molecule has 3 aromatic carbocycles. The number of rotatable bonds is 6. The zero-order valence-corrected chi connectivity index (χ0v) is 19.4. The lowest BCUT2D eigenvalue weighted by Gasteiger charge is -2.28. The van der Waals surface area contributed by atoms with Gasteiger partial charge in [0.1, 0.15) is 0 Å². The maximum absolute atomic E-state index is 15.0. The first-order chi connectivity index (χ1) is 16.4. The minimum atomic E-state index is -1.20. The molecule has 1 saturated heterocycles. The molecule has 34 heavy (non-hydrogen) atoms. The van der Waals surface area contributed by atoms with Gasteiger partial charge < -0.3 is 4.74 Å². The molecule has 0 aliphatic carbocycles. The predicted molar refractivity (Wildman–Crippen MR) is 127 cm³/mol. The van der Waals surface area contributed by atoms with E-state index in [0.717, 1.165) is 24.8 Å². The minimum absolute atomic E-state index is 0.0769. The van der Waals surface area contributed by atoms with Crippen molar-refractivity contribution in [3.05, 3.63) is 95.1 Å². The summed E-state index contributed by atoms with van der Waals surface area (Å²) in [5, 5.41) is 0. The predicted octanol–water partition coefficient (Wildman–Crippen LogP) is 8.57. The Hall–Kier alpha value is -2.92. The van der Waals surface area contributed by atoms with Gasteiger partial charge in [-0.1, -0.05) is 74.0 Å². The van der Waals surface area contributed by atoms with Crippen molar-refractivity contribution in [1.82, 2.24) is 0 Å². The van der Waals surface area contributed by atoms with Crippen molar-refractivity contribution in [2.24, 2.45) is 5.92 Å². The van der Waals surface area contributed by atoms with E-state index in [9.17, 15) is 8.78 Å². The molecule has 0 bridgehead atoms. The second-order valence-electron chi connectivity index (χ2n) is 8.75. The number of allylic oxidation sites excluding steroid dienone is 1. The molecular weight excluding hydrogens is 440 g/mol. The molecule has 3 aromatic rings. The summed E-state index contributed by atoms with van der Waals surface area (Å²) in [4.78, 5) is 0. The average Bonchev–Trinajstić information content (AvgIpc) is 2.85. The van der Waals surface area contributed by atoms with E-state index in [1.54, 1.807) is 12.1 Å². The molecule has 0 N–H and O–H groups in total. The van der Waals surface area contributed by atoms with Crippen LogP contribution < -0.4 is 0 Å². The van der Waals surface area contributed by atoms with Gasteiger partial charge in [0, 0.05) is 28.2 Å². The number of ether oxygens (including phenoxy) is 1. The van der Waals surface area contributed by atoms with E-state index in [1.807, 2.05) is 31.2 Å². The number of halogens is 4. The van der Waals surface area contributed by atoms with Crippen LogP contribution in [0.4, 0.5) is 17.6 Å². The molecule has 1 heterocycles. The smallest absolute Gasteiger partial charge is 0.167 e. The maximum atomic E-state index is 15.0. The zero-order chi connectivity index (χ0) is 24.2. The van der Waals surface area contributed by atoms with Crippen LogP contribution in [0.15, 0.2) is 60.7 Å². The Morgan fingerprint density at radius 2 is 1.41 bits per heavy atom. The highest BCUT2D eigenvalue weighted by Crippen LogP contribution is 2.38. The third-order valence-corrected chi connectivity index (χ3v) is 6.41. The highest BCUT2D eigenvalue weighted by atomic mass is 19.2. The monoisotopic (exact) mass is 468 g/mol. The summed E-state index contributed by atoms with van der Waals surface area (Å²) in [6.45, 7) is 4.43. The van der Waals surface area contributed by atoms with Crippen molar-refractivity contribution in [1.29, 1.82) is 0 Å². The highest BCUT2D eigenvalue weighted by Gasteiger charge is 2.27. The molecule has 1 fully saturated rings. The molecular formula is C29H28F4O. The van der Waals surface area contributed by atoms with Crippen LogP contribution in [0.3, 0.4) is 0 Å². The van der Waals surface area contributed by atoms with Crippen LogP contribution in [0, 0.1) is 29.2 Å². The van der Waals surface area contributed by atoms with Crippen molar-refractivity contribution in [2.75, 3.05) is 6.61 Å². The van der Waals surface area contributed by atoms with Gasteiger partial charge in [-0.15, -0.1) is 0 Å². The number of aryl methyl sites for hydroxylation is 1. The van der Waals surface area contributed by atoms with Gasteiger partial charge in [0.15, 0.2) is 23.3 Å². The fourth-order valence-electron chi connectivity index (χ4n) is 4.58. The standard InChI is InChI=1S/C29H28F4O/c1-3-5-18-7-10-20(11-8-18)21-12-13-22(27(31)26(21)30)23-14-15-24(29(33)28(23)32)25-16-9-19(6-4-2)17-34-25/h4,6-8,10-15,19,25H,3,5,9,16-17H2,1-2H3/b6-4+. The molecule has 1 aliphatic heterocycles. The zero-order valence-electron chi connectivity index (χ0n) is 19.4. The van der Waals surface area contributed by atoms with Gasteiger partial charge in [-0.05, 0) is 37.3 Å². The first-order valence-corrected chi connectivity index (χ1v) is 11.7. The van der Waals surface area contributed by atoms with Gasteiger partial charge in [-0.3, -0.25) is 0 Å². The van der Waals surface area contributed by atoms with Crippen molar-refractivity contribution < 1.29 is 22.3 Å². The second kappa shape index (κ2) is 10.6. The van der Waals surface area contributed by atoms with E-state index in [1.165, 1.54) is 24.3 Å². The summed E-state index contributed by atoms with van der Waals surface area (Å²) in [6.07, 6.45) is 6.67. The molecule has 0 radical (unpaired) electrons. The molecule has 0 aromatic heterocycles. The highest BCUT2D eigenvalue weighted by molar-refractivity contribution is 5.72. The van der Waals surface area contributed by atoms with E-state index >= 15 is 8.78 Å². The summed E-state index contributed by atoms with van der Waals surface area (Å²) in [6, 6.07) is 12.6. The average molecular weight is 469 g/mol. The Bertz CT molecular complexity index is 1180. The summed E-state index contributed by atoms with van der Waals surface area (Å²) >= 11 is 0. The molecule has 0 amide bonds. The Kier molecular flexibility index (Phi) is 7.52. The van der Waals surface area contributed by atoms with Crippen molar-refractivity contribution in [2.45, 2.75) is 45.6 Å². The number of benzene rings is 3. The fourth-order valence-corrected chi connectivity index (χ4v) is 4.58. The third-order valence-electron chi connectivity index (χ3n) is 6.41. The number of hydrogen-bond acceptors (Lipinski definition) is 1. The molecule has 1 nitrogen and oxygen atoms in total. The van der Waals surface area contributed by atoms with Gasteiger partial charge in [0.25, 0.3) is 0 Å². The fraction of sp³-hybridized carbons (Fsp3) is 0.310. The molecule has 2 unspecified atom stereocenters. The van der Waals surface area contributed by atoms with Crippen molar-refractivity contribution in [3.63, 3.8) is 0 Å². The summed E-state index contributed by atoms with van der Waals surface area (Å²) < 4.78 is 65.7. The number of hydrogen-bond donors (Lipinski definition) is 0. The third kappa shape index (κ3) is 4.80. The summed E-state index contributed by atoms with van der Waals surface area (Å²) in [7, 11) is 0. The molecule has 0 spiro atoms. The topological polar surface area (TPSA) is 9.23 Å².